The Morgan fingerprint density at radius 2 is 1.93 bits per heavy atom. The molecule has 1 aromatic carbocycles. The molecule has 0 atom stereocenters. The second-order valence-electron chi connectivity index (χ2n) is 3.07. The number of halogens is 1. The number of nitrogen functional groups attached to an aromatic ring is 1. The molecule has 0 aliphatic carbocycles. The van der Waals surface area contributed by atoms with Crippen molar-refractivity contribution >= 4 is 21.7 Å². The number of aromatic nitrogens is 3. The first kappa shape index (κ1) is 10.0. The van der Waals surface area contributed by atoms with Crippen LogP contribution in [0, 0.1) is 6.92 Å². The average molecular weight is 265 g/mol. The Morgan fingerprint density at radius 1 is 1.20 bits per heavy atom. The zero-order valence-electron chi connectivity index (χ0n) is 8.11. The Morgan fingerprint density at radius 3 is 2.60 bits per heavy atom. The first-order valence-electron chi connectivity index (χ1n) is 4.40. The van der Waals surface area contributed by atoms with Crippen LogP contribution in [0.2, 0.25) is 0 Å². The van der Waals surface area contributed by atoms with Crippen molar-refractivity contribution in [2.24, 2.45) is 0 Å². The minimum atomic E-state index is 0.398. The van der Waals surface area contributed by atoms with Gasteiger partial charge in [-0.25, -0.2) is 4.98 Å². The monoisotopic (exact) mass is 264 g/mol. The van der Waals surface area contributed by atoms with Crippen molar-refractivity contribution in [2.75, 3.05) is 5.73 Å². The van der Waals surface area contributed by atoms with Gasteiger partial charge in [-0.05, 0) is 13.0 Å². The highest BCUT2D eigenvalue weighted by Gasteiger charge is 2.09. The molecular formula is C10H9BrN4. The van der Waals surface area contributed by atoms with Gasteiger partial charge < -0.3 is 5.73 Å². The van der Waals surface area contributed by atoms with Crippen LogP contribution in [0.25, 0.3) is 11.3 Å². The number of benzene rings is 1. The van der Waals surface area contributed by atoms with Crippen LogP contribution in [0.1, 0.15) is 5.82 Å². The topological polar surface area (TPSA) is 64.7 Å². The van der Waals surface area contributed by atoms with Gasteiger partial charge in [0.2, 0.25) is 0 Å². The maximum absolute atomic E-state index is 5.79. The van der Waals surface area contributed by atoms with Gasteiger partial charge in [0.25, 0.3) is 0 Å². The third-order valence-corrected chi connectivity index (χ3v) is 2.64. The summed E-state index contributed by atoms with van der Waals surface area (Å²) in [7, 11) is 0. The van der Waals surface area contributed by atoms with Crippen LogP contribution in [0.5, 0.6) is 0 Å². The fourth-order valence-electron chi connectivity index (χ4n) is 1.27. The van der Waals surface area contributed by atoms with Gasteiger partial charge in [0.15, 0.2) is 5.82 Å². The van der Waals surface area contributed by atoms with Crippen LogP contribution in [0.15, 0.2) is 28.7 Å². The summed E-state index contributed by atoms with van der Waals surface area (Å²) in [5.74, 6) is 0.970. The summed E-state index contributed by atoms with van der Waals surface area (Å²) in [5.41, 5.74) is 7.29. The van der Waals surface area contributed by atoms with E-state index < -0.39 is 0 Å². The molecular weight excluding hydrogens is 256 g/mol. The summed E-state index contributed by atoms with van der Waals surface area (Å²) >= 11 is 3.43. The molecule has 0 aliphatic rings. The number of rotatable bonds is 1. The Labute approximate surface area is 95.7 Å². The van der Waals surface area contributed by atoms with Crippen LogP contribution < -0.4 is 5.73 Å². The molecule has 2 N–H and O–H groups in total. The lowest BCUT2D eigenvalue weighted by Crippen LogP contribution is -2.02. The van der Waals surface area contributed by atoms with Gasteiger partial charge in [0.05, 0.1) is 0 Å². The molecule has 0 saturated heterocycles. The molecule has 0 amide bonds. The summed E-state index contributed by atoms with van der Waals surface area (Å²) in [4.78, 5) is 4.07. The van der Waals surface area contributed by atoms with Crippen LogP contribution in [0.4, 0.5) is 5.82 Å². The van der Waals surface area contributed by atoms with Crippen LogP contribution in [-0.2, 0) is 0 Å². The molecule has 0 aliphatic heterocycles. The molecule has 15 heavy (non-hydrogen) atoms. The number of hydrogen-bond acceptors (Lipinski definition) is 4. The Kier molecular flexibility index (Phi) is 2.64. The van der Waals surface area contributed by atoms with Gasteiger partial charge in [-0.15, -0.1) is 10.2 Å². The zero-order valence-corrected chi connectivity index (χ0v) is 9.69. The van der Waals surface area contributed by atoms with Crippen molar-refractivity contribution in [3.05, 3.63) is 34.6 Å². The molecule has 2 aromatic rings. The van der Waals surface area contributed by atoms with Crippen LogP contribution in [0.3, 0.4) is 0 Å². The predicted molar refractivity (Wildman–Crippen MR) is 62.1 cm³/mol. The molecule has 0 bridgehead atoms. The molecule has 0 radical (unpaired) electrons. The van der Waals surface area contributed by atoms with E-state index in [1.54, 1.807) is 6.92 Å². The largest absolute Gasteiger partial charge is 0.382 e. The molecule has 76 valence electrons. The summed E-state index contributed by atoms with van der Waals surface area (Å²) in [6.07, 6.45) is 0. The smallest absolute Gasteiger partial charge is 0.154 e. The molecule has 0 spiro atoms. The Balaban J connectivity index is 2.60. The van der Waals surface area contributed by atoms with E-state index >= 15 is 0 Å². The van der Waals surface area contributed by atoms with E-state index in [1.807, 2.05) is 24.3 Å². The lowest BCUT2D eigenvalue weighted by Gasteiger charge is -2.05. The molecule has 0 fully saturated rings. The van der Waals surface area contributed by atoms with Gasteiger partial charge in [0.1, 0.15) is 11.5 Å². The number of hydrogen-bond donors (Lipinski definition) is 1. The van der Waals surface area contributed by atoms with E-state index in [0.717, 1.165) is 10.0 Å². The highest BCUT2D eigenvalue weighted by molar-refractivity contribution is 9.10. The maximum atomic E-state index is 5.79. The van der Waals surface area contributed by atoms with Gasteiger partial charge in [0, 0.05) is 10.0 Å². The van der Waals surface area contributed by atoms with E-state index in [0.29, 0.717) is 17.3 Å². The highest BCUT2D eigenvalue weighted by atomic mass is 79.9. The number of anilines is 1. The summed E-state index contributed by atoms with van der Waals surface area (Å²) in [5, 5.41) is 7.94. The van der Waals surface area contributed by atoms with Crippen molar-refractivity contribution in [3.8, 4) is 11.3 Å². The van der Waals surface area contributed by atoms with Crippen molar-refractivity contribution in [3.63, 3.8) is 0 Å². The molecule has 1 heterocycles. The third-order valence-electron chi connectivity index (χ3n) is 1.95. The average Bonchev–Trinajstić information content (AvgIpc) is 2.20. The molecule has 1 aromatic heterocycles. The summed E-state index contributed by atoms with van der Waals surface area (Å²) < 4.78 is 0.927. The Hall–Kier alpha value is -1.49. The normalized spacial score (nSPS) is 10.3. The maximum Gasteiger partial charge on any atom is 0.154 e. The third kappa shape index (κ3) is 1.97. The molecule has 0 unspecified atom stereocenters. The number of nitrogens with two attached hydrogens (primary N) is 1. The fraction of sp³-hybridized carbons (Fsp3) is 0.100. The van der Waals surface area contributed by atoms with Gasteiger partial charge in [-0.2, -0.15) is 0 Å². The second-order valence-corrected chi connectivity index (χ2v) is 3.93. The van der Waals surface area contributed by atoms with Crippen molar-refractivity contribution in [1.29, 1.82) is 0 Å². The number of nitrogens with zero attached hydrogens (tertiary/aromatic N) is 3. The summed E-state index contributed by atoms with van der Waals surface area (Å²) in [6, 6.07) is 7.69. The lowest BCUT2D eigenvalue weighted by molar-refractivity contribution is 0.920. The minimum Gasteiger partial charge on any atom is -0.382 e. The summed E-state index contributed by atoms with van der Waals surface area (Å²) in [6.45, 7) is 1.76. The molecule has 5 heteroatoms. The highest BCUT2D eigenvalue weighted by Crippen LogP contribution is 2.28. The van der Waals surface area contributed by atoms with Gasteiger partial charge in [-0.1, -0.05) is 34.1 Å². The van der Waals surface area contributed by atoms with Crippen LogP contribution >= 0.6 is 15.9 Å². The molecule has 2 rings (SSSR count). The van der Waals surface area contributed by atoms with Crippen molar-refractivity contribution < 1.29 is 0 Å². The van der Waals surface area contributed by atoms with Crippen molar-refractivity contribution in [2.45, 2.75) is 6.92 Å². The first-order chi connectivity index (χ1) is 7.18. The predicted octanol–water partition coefficient (Wildman–Crippen LogP) is 2.19. The Bertz CT molecular complexity index is 499. The standard InChI is InChI=1S/C10H9BrN4/c1-6-13-10(12)9(15-14-6)7-4-2-3-5-8(7)11/h2-5H,1H3,(H2,12,13,14). The second kappa shape index (κ2) is 3.94. The van der Waals surface area contributed by atoms with Gasteiger partial charge >= 0.3 is 0 Å². The minimum absolute atomic E-state index is 0.398. The fourth-order valence-corrected chi connectivity index (χ4v) is 1.74. The lowest BCUT2D eigenvalue weighted by atomic mass is 10.1. The molecule has 4 nitrogen and oxygen atoms in total. The van der Waals surface area contributed by atoms with Crippen LogP contribution in [-0.4, -0.2) is 15.2 Å². The van der Waals surface area contributed by atoms with E-state index in [9.17, 15) is 0 Å². The quantitative estimate of drug-likeness (QED) is 0.858. The van der Waals surface area contributed by atoms with Gasteiger partial charge in [-0.3, -0.25) is 0 Å². The first-order valence-corrected chi connectivity index (χ1v) is 5.19. The van der Waals surface area contributed by atoms with Crippen molar-refractivity contribution in [1.82, 2.24) is 15.2 Å². The molecule has 0 saturated carbocycles. The van der Waals surface area contributed by atoms with E-state index in [-0.39, 0.29) is 0 Å². The zero-order chi connectivity index (χ0) is 10.8. The van der Waals surface area contributed by atoms with E-state index in [4.69, 9.17) is 5.73 Å². The van der Waals surface area contributed by atoms with E-state index in [2.05, 4.69) is 31.1 Å². The van der Waals surface area contributed by atoms with E-state index in [1.165, 1.54) is 0 Å². The SMILES string of the molecule is Cc1nnc(-c2ccccc2Br)c(N)n1. The number of aryl methyl sites for hydroxylation is 1.